The van der Waals surface area contributed by atoms with Crippen molar-refractivity contribution in [2.24, 2.45) is 11.8 Å². The molecule has 2 rings (SSSR count). The Labute approximate surface area is 107 Å². The number of hydrogen-bond donors (Lipinski definition) is 2. The molecule has 0 amide bonds. The maximum atomic E-state index is 11.2. The number of carboxylic acid groups (broad SMARTS) is 1. The zero-order valence-electron chi connectivity index (χ0n) is 10.8. The zero-order valence-corrected chi connectivity index (χ0v) is 10.8. The van der Waals surface area contributed by atoms with Crippen molar-refractivity contribution in [2.45, 2.75) is 39.2 Å². The second-order valence-corrected chi connectivity index (χ2v) is 5.15. The zero-order chi connectivity index (χ0) is 13.0. The summed E-state index contributed by atoms with van der Waals surface area (Å²) in [5, 5.41) is 12.5. The van der Waals surface area contributed by atoms with E-state index in [9.17, 15) is 9.90 Å². The molecule has 0 spiro atoms. The third-order valence-corrected chi connectivity index (χ3v) is 3.89. The quantitative estimate of drug-likeness (QED) is 0.844. The molecule has 0 aliphatic heterocycles. The van der Waals surface area contributed by atoms with Crippen LogP contribution in [0, 0.1) is 18.8 Å². The molecule has 1 aromatic heterocycles. The summed E-state index contributed by atoms with van der Waals surface area (Å²) < 4.78 is 5.35. The van der Waals surface area contributed by atoms with Gasteiger partial charge < -0.3 is 14.8 Å². The largest absolute Gasteiger partial charge is 0.481 e. The number of furan rings is 1. The number of carboxylic acids is 1. The highest BCUT2D eigenvalue weighted by atomic mass is 16.4. The van der Waals surface area contributed by atoms with Crippen LogP contribution in [0.5, 0.6) is 0 Å². The number of nitrogens with one attached hydrogen (secondary N) is 1. The smallest absolute Gasteiger partial charge is 0.306 e. The fraction of sp³-hybridized carbons (Fsp3) is 0.643. The van der Waals surface area contributed by atoms with Crippen LogP contribution in [0.4, 0.5) is 0 Å². The van der Waals surface area contributed by atoms with Crippen molar-refractivity contribution >= 4 is 5.97 Å². The summed E-state index contributed by atoms with van der Waals surface area (Å²) in [5.41, 5.74) is 1.14. The van der Waals surface area contributed by atoms with Crippen LogP contribution in [0.1, 0.15) is 37.0 Å². The predicted molar refractivity (Wildman–Crippen MR) is 68.2 cm³/mol. The average molecular weight is 251 g/mol. The Morgan fingerprint density at radius 2 is 2.28 bits per heavy atom. The SMILES string of the molecule is Cc1ccoc1CNCC1CCCCC1C(=O)O. The van der Waals surface area contributed by atoms with Crippen molar-refractivity contribution in [1.82, 2.24) is 5.32 Å². The Hall–Kier alpha value is -1.29. The molecule has 0 bridgehead atoms. The first-order valence-electron chi connectivity index (χ1n) is 6.65. The standard InChI is InChI=1S/C14H21NO3/c1-10-6-7-18-13(10)9-15-8-11-4-2-3-5-12(11)14(16)17/h6-7,11-12,15H,2-5,8-9H2,1H3,(H,16,17). The van der Waals surface area contributed by atoms with Gasteiger partial charge in [0.2, 0.25) is 0 Å². The lowest BCUT2D eigenvalue weighted by Gasteiger charge is -2.28. The van der Waals surface area contributed by atoms with E-state index < -0.39 is 5.97 Å². The maximum Gasteiger partial charge on any atom is 0.306 e. The average Bonchev–Trinajstić information content (AvgIpc) is 2.76. The minimum Gasteiger partial charge on any atom is -0.481 e. The summed E-state index contributed by atoms with van der Waals surface area (Å²) in [7, 11) is 0. The molecule has 100 valence electrons. The van der Waals surface area contributed by atoms with Crippen molar-refractivity contribution in [1.29, 1.82) is 0 Å². The van der Waals surface area contributed by atoms with E-state index in [2.05, 4.69) is 5.32 Å². The van der Waals surface area contributed by atoms with E-state index in [-0.39, 0.29) is 11.8 Å². The topological polar surface area (TPSA) is 62.5 Å². The molecule has 2 N–H and O–H groups in total. The van der Waals surface area contributed by atoms with Gasteiger partial charge in [0.1, 0.15) is 5.76 Å². The Kier molecular flexibility index (Phi) is 4.42. The summed E-state index contributed by atoms with van der Waals surface area (Å²) in [6, 6.07) is 1.94. The first-order valence-corrected chi connectivity index (χ1v) is 6.65. The van der Waals surface area contributed by atoms with Gasteiger partial charge in [-0.3, -0.25) is 4.79 Å². The first kappa shape index (κ1) is 13.1. The van der Waals surface area contributed by atoms with E-state index in [1.54, 1.807) is 6.26 Å². The molecule has 2 atom stereocenters. The van der Waals surface area contributed by atoms with Gasteiger partial charge in [0.05, 0.1) is 18.7 Å². The fourth-order valence-electron chi connectivity index (χ4n) is 2.73. The van der Waals surface area contributed by atoms with Gasteiger partial charge in [0.25, 0.3) is 0 Å². The Morgan fingerprint density at radius 1 is 1.50 bits per heavy atom. The van der Waals surface area contributed by atoms with Crippen LogP contribution in [0.15, 0.2) is 16.7 Å². The summed E-state index contributed by atoms with van der Waals surface area (Å²) >= 11 is 0. The van der Waals surface area contributed by atoms with Crippen LogP contribution >= 0.6 is 0 Å². The highest BCUT2D eigenvalue weighted by Crippen LogP contribution is 2.29. The molecule has 0 radical (unpaired) electrons. The lowest BCUT2D eigenvalue weighted by Crippen LogP contribution is -2.34. The Morgan fingerprint density at radius 3 is 2.94 bits per heavy atom. The van der Waals surface area contributed by atoms with Crippen molar-refractivity contribution in [2.75, 3.05) is 6.54 Å². The molecular weight excluding hydrogens is 230 g/mol. The van der Waals surface area contributed by atoms with Crippen LogP contribution in [0.25, 0.3) is 0 Å². The highest BCUT2D eigenvalue weighted by molar-refractivity contribution is 5.70. The number of rotatable bonds is 5. The number of aliphatic carboxylic acids is 1. The summed E-state index contributed by atoms with van der Waals surface area (Å²) in [5.74, 6) is 0.379. The normalized spacial score (nSPS) is 24.1. The van der Waals surface area contributed by atoms with Crippen molar-refractivity contribution < 1.29 is 14.3 Å². The number of aryl methyl sites for hydroxylation is 1. The molecule has 1 heterocycles. The minimum atomic E-state index is -0.643. The van der Waals surface area contributed by atoms with Crippen LogP contribution in [-0.2, 0) is 11.3 Å². The van der Waals surface area contributed by atoms with Gasteiger partial charge in [0.15, 0.2) is 0 Å². The lowest BCUT2D eigenvalue weighted by atomic mass is 9.79. The third kappa shape index (κ3) is 3.13. The van der Waals surface area contributed by atoms with Gasteiger partial charge >= 0.3 is 5.97 Å². The van der Waals surface area contributed by atoms with E-state index in [0.29, 0.717) is 6.54 Å². The van der Waals surface area contributed by atoms with Gasteiger partial charge in [-0.1, -0.05) is 12.8 Å². The van der Waals surface area contributed by atoms with Gasteiger partial charge in [0, 0.05) is 0 Å². The third-order valence-electron chi connectivity index (χ3n) is 3.89. The van der Waals surface area contributed by atoms with Crippen LogP contribution in [-0.4, -0.2) is 17.6 Å². The van der Waals surface area contributed by atoms with E-state index >= 15 is 0 Å². The van der Waals surface area contributed by atoms with E-state index in [0.717, 1.165) is 43.6 Å². The molecule has 4 heteroatoms. The molecule has 0 saturated heterocycles. The summed E-state index contributed by atoms with van der Waals surface area (Å²) in [4.78, 5) is 11.2. The van der Waals surface area contributed by atoms with Gasteiger partial charge in [-0.05, 0) is 43.9 Å². The number of hydrogen-bond acceptors (Lipinski definition) is 3. The van der Waals surface area contributed by atoms with Crippen LogP contribution < -0.4 is 5.32 Å². The molecule has 1 saturated carbocycles. The van der Waals surface area contributed by atoms with Crippen molar-refractivity contribution in [3.8, 4) is 0 Å². The van der Waals surface area contributed by atoms with Gasteiger partial charge in [-0.15, -0.1) is 0 Å². The van der Waals surface area contributed by atoms with E-state index in [1.165, 1.54) is 0 Å². The van der Waals surface area contributed by atoms with Crippen molar-refractivity contribution in [3.05, 3.63) is 23.7 Å². The maximum absolute atomic E-state index is 11.2. The second-order valence-electron chi connectivity index (χ2n) is 5.15. The Balaban J connectivity index is 1.81. The number of carbonyl (C=O) groups is 1. The molecule has 1 aliphatic carbocycles. The fourth-order valence-corrected chi connectivity index (χ4v) is 2.73. The van der Waals surface area contributed by atoms with Crippen LogP contribution in [0.2, 0.25) is 0 Å². The Bertz CT molecular complexity index is 399. The molecule has 4 nitrogen and oxygen atoms in total. The van der Waals surface area contributed by atoms with Gasteiger partial charge in [-0.25, -0.2) is 0 Å². The monoisotopic (exact) mass is 251 g/mol. The highest BCUT2D eigenvalue weighted by Gasteiger charge is 2.30. The molecule has 2 unspecified atom stereocenters. The molecule has 18 heavy (non-hydrogen) atoms. The molecular formula is C14H21NO3. The summed E-state index contributed by atoms with van der Waals surface area (Å²) in [6.45, 7) is 3.46. The molecule has 1 fully saturated rings. The lowest BCUT2D eigenvalue weighted by molar-refractivity contribution is -0.144. The predicted octanol–water partition coefficient (Wildman–Crippen LogP) is 2.57. The first-order chi connectivity index (χ1) is 8.68. The van der Waals surface area contributed by atoms with E-state index in [1.807, 2.05) is 13.0 Å². The molecule has 1 aliphatic rings. The minimum absolute atomic E-state index is 0.177. The molecule has 0 aromatic carbocycles. The summed E-state index contributed by atoms with van der Waals surface area (Å²) in [6.07, 6.45) is 5.72. The van der Waals surface area contributed by atoms with Crippen molar-refractivity contribution in [3.63, 3.8) is 0 Å². The van der Waals surface area contributed by atoms with Crippen LogP contribution in [0.3, 0.4) is 0 Å². The van der Waals surface area contributed by atoms with E-state index in [4.69, 9.17) is 4.42 Å². The molecule has 1 aromatic rings. The van der Waals surface area contributed by atoms with Gasteiger partial charge in [-0.2, -0.15) is 0 Å². The second kappa shape index (κ2) is 6.05.